The van der Waals surface area contributed by atoms with Crippen LogP contribution in [0.15, 0.2) is 57.2 Å². The van der Waals surface area contributed by atoms with Crippen molar-refractivity contribution in [3.05, 3.63) is 42.5 Å². The standard InChI is InChI=1S/C17H20N2O3S2/c1-18(2)10-5-11-19-14-6-3-4-7-16(14)23-17-9-8-13(12-15(17)19)24(20,21)22/h3-4,6-9,12H,5,10-11H2,1-2H3,(H,20,21,22). The number of benzene rings is 2. The lowest BCUT2D eigenvalue weighted by molar-refractivity contribution is 0.402. The van der Waals surface area contributed by atoms with E-state index in [2.05, 4.69) is 15.9 Å². The average Bonchev–Trinajstić information content (AvgIpc) is 2.52. The molecule has 24 heavy (non-hydrogen) atoms. The van der Waals surface area contributed by atoms with Gasteiger partial charge in [-0.25, -0.2) is 0 Å². The van der Waals surface area contributed by atoms with Crippen LogP contribution in [0.1, 0.15) is 6.42 Å². The first-order valence-electron chi connectivity index (χ1n) is 7.67. The molecule has 0 fully saturated rings. The van der Waals surface area contributed by atoms with Crippen molar-refractivity contribution >= 4 is 33.3 Å². The number of nitrogens with zero attached hydrogens (tertiary/aromatic N) is 2. The summed E-state index contributed by atoms with van der Waals surface area (Å²) < 4.78 is 32.4. The maximum Gasteiger partial charge on any atom is 0.294 e. The molecule has 1 N–H and O–H groups in total. The van der Waals surface area contributed by atoms with Gasteiger partial charge in [0.05, 0.1) is 16.3 Å². The highest BCUT2D eigenvalue weighted by Gasteiger charge is 2.24. The average molecular weight is 364 g/mol. The predicted octanol–water partition coefficient (Wildman–Crippen LogP) is 3.49. The zero-order valence-electron chi connectivity index (χ0n) is 13.6. The SMILES string of the molecule is CN(C)CCCN1c2ccccc2Sc2ccc(S(=O)(=O)O)cc21. The zero-order chi connectivity index (χ0) is 17.3. The highest BCUT2D eigenvalue weighted by Crippen LogP contribution is 2.48. The molecule has 0 bridgehead atoms. The summed E-state index contributed by atoms with van der Waals surface area (Å²) in [7, 11) is -0.151. The number of anilines is 2. The van der Waals surface area contributed by atoms with Crippen LogP contribution in [0, 0.1) is 0 Å². The summed E-state index contributed by atoms with van der Waals surface area (Å²) in [6, 6.07) is 12.9. The van der Waals surface area contributed by atoms with Gasteiger partial charge in [-0.05, 0) is 57.4 Å². The number of rotatable bonds is 5. The molecule has 1 aliphatic rings. The van der Waals surface area contributed by atoms with Crippen LogP contribution in [-0.2, 0) is 10.1 Å². The minimum Gasteiger partial charge on any atom is -0.340 e. The second kappa shape index (κ2) is 6.76. The molecule has 0 atom stereocenters. The third-order valence-corrected chi connectivity index (χ3v) is 5.86. The fraction of sp³-hybridized carbons (Fsp3) is 0.294. The van der Waals surface area contributed by atoms with Gasteiger partial charge in [0, 0.05) is 16.3 Å². The maximum atomic E-state index is 11.5. The quantitative estimate of drug-likeness (QED) is 0.820. The van der Waals surface area contributed by atoms with Crippen molar-refractivity contribution in [2.24, 2.45) is 0 Å². The van der Waals surface area contributed by atoms with E-state index in [1.54, 1.807) is 23.9 Å². The summed E-state index contributed by atoms with van der Waals surface area (Å²) in [5.41, 5.74) is 1.90. The van der Waals surface area contributed by atoms with Crippen molar-refractivity contribution in [3.63, 3.8) is 0 Å². The Morgan fingerprint density at radius 3 is 2.50 bits per heavy atom. The molecular weight excluding hydrogens is 344 g/mol. The molecule has 1 heterocycles. The fourth-order valence-corrected chi connectivity index (χ4v) is 4.33. The van der Waals surface area contributed by atoms with Crippen LogP contribution in [0.4, 0.5) is 11.4 Å². The summed E-state index contributed by atoms with van der Waals surface area (Å²) in [6.45, 7) is 1.72. The Labute approximate surface area is 147 Å². The lowest BCUT2D eigenvalue weighted by Crippen LogP contribution is -2.25. The van der Waals surface area contributed by atoms with Crippen LogP contribution in [-0.4, -0.2) is 45.1 Å². The van der Waals surface area contributed by atoms with Crippen molar-refractivity contribution < 1.29 is 13.0 Å². The molecule has 3 rings (SSSR count). The van der Waals surface area contributed by atoms with Crippen molar-refractivity contribution in [2.75, 3.05) is 32.1 Å². The normalized spacial score (nSPS) is 13.8. The first-order valence-corrected chi connectivity index (χ1v) is 9.92. The van der Waals surface area contributed by atoms with Gasteiger partial charge in [0.1, 0.15) is 0 Å². The number of fused-ring (bicyclic) bond motifs is 2. The Morgan fingerprint density at radius 2 is 1.79 bits per heavy atom. The van der Waals surface area contributed by atoms with E-state index in [9.17, 15) is 13.0 Å². The van der Waals surface area contributed by atoms with Crippen LogP contribution in [0.25, 0.3) is 0 Å². The molecule has 1 aliphatic heterocycles. The van der Waals surface area contributed by atoms with E-state index in [4.69, 9.17) is 0 Å². The van der Waals surface area contributed by atoms with E-state index in [1.807, 2.05) is 32.3 Å². The largest absolute Gasteiger partial charge is 0.340 e. The van der Waals surface area contributed by atoms with Crippen LogP contribution in [0.5, 0.6) is 0 Å². The molecule has 2 aromatic rings. The Hall–Kier alpha value is -1.54. The van der Waals surface area contributed by atoms with E-state index >= 15 is 0 Å². The van der Waals surface area contributed by atoms with E-state index in [0.717, 1.165) is 40.7 Å². The van der Waals surface area contributed by atoms with Crippen molar-refractivity contribution in [2.45, 2.75) is 21.1 Å². The molecule has 5 nitrogen and oxygen atoms in total. The predicted molar refractivity (Wildman–Crippen MR) is 97.0 cm³/mol. The molecule has 0 aromatic heterocycles. The molecule has 7 heteroatoms. The molecule has 0 saturated carbocycles. The molecule has 128 valence electrons. The molecule has 0 spiro atoms. The van der Waals surface area contributed by atoms with Gasteiger partial charge in [-0.1, -0.05) is 23.9 Å². The molecule has 2 aromatic carbocycles. The highest BCUT2D eigenvalue weighted by atomic mass is 32.2. The van der Waals surface area contributed by atoms with Crippen molar-refractivity contribution in [3.8, 4) is 0 Å². The van der Waals surface area contributed by atoms with Crippen molar-refractivity contribution in [1.29, 1.82) is 0 Å². The van der Waals surface area contributed by atoms with Gasteiger partial charge < -0.3 is 9.80 Å². The van der Waals surface area contributed by atoms with E-state index in [0.29, 0.717) is 0 Å². The maximum absolute atomic E-state index is 11.5. The van der Waals surface area contributed by atoms with Crippen LogP contribution < -0.4 is 4.90 Å². The van der Waals surface area contributed by atoms with Gasteiger partial charge >= 0.3 is 0 Å². The van der Waals surface area contributed by atoms with Gasteiger partial charge in [0.15, 0.2) is 0 Å². The number of hydrogen-bond donors (Lipinski definition) is 1. The molecular formula is C17H20N2O3S2. The smallest absolute Gasteiger partial charge is 0.294 e. The summed E-state index contributed by atoms with van der Waals surface area (Å²) in [6.07, 6.45) is 0.946. The summed E-state index contributed by atoms with van der Waals surface area (Å²) >= 11 is 1.62. The third kappa shape index (κ3) is 3.59. The van der Waals surface area contributed by atoms with Gasteiger partial charge in [0.25, 0.3) is 10.1 Å². The Balaban J connectivity index is 2.02. The van der Waals surface area contributed by atoms with Gasteiger partial charge in [-0.2, -0.15) is 8.42 Å². The van der Waals surface area contributed by atoms with Crippen LogP contribution >= 0.6 is 11.8 Å². The van der Waals surface area contributed by atoms with E-state index in [-0.39, 0.29) is 4.90 Å². The van der Waals surface area contributed by atoms with E-state index in [1.165, 1.54) is 6.07 Å². The second-order valence-corrected chi connectivity index (χ2v) is 8.49. The van der Waals surface area contributed by atoms with Crippen LogP contribution in [0.3, 0.4) is 0 Å². The molecule has 0 saturated heterocycles. The lowest BCUT2D eigenvalue weighted by atomic mass is 10.2. The molecule has 0 radical (unpaired) electrons. The molecule has 0 unspecified atom stereocenters. The highest BCUT2D eigenvalue weighted by molar-refractivity contribution is 7.99. The Bertz CT molecular complexity index is 851. The van der Waals surface area contributed by atoms with Crippen molar-refractivity contribution in [1.82, 2.24) is 4.90 Å². The second-order valence-electron chi connectivity index (χ2n) is 5.98. The number of hydrogen-bond acceptors (Lipinski definition) is 5. The molecule has 0 aliphatic carbocycles. The first-order chi connectivity index (χ1) is 11.4. The fourth-order valence-electron chi connectivity index (χ4n) is 2.76. The Kier molecular flexibility index (Phi) is 4.87. The summed E-state index contributed by atoms with van der Waals surface area (Å²) in [5, 5.41) is 0. The van der Waals surface area contributed by atoms with Gasteiger partial charge in [-0.3, -0.25) is 4.55 Å². The molecule has 0 amide bonds. The Morgan fingerprint density at radius 1 is 1.08 bits per heavy atom. The number of para-hydroxylation sites is 1. The summed E-state index contributed by atoms with van der Waals surface area (Å²) in [5.74, 6) is 0. The summed E-state index contributed by atoms with van der Waals surface area (Å²) in [4.78, 5) is 6.33. The monoisotopic (exact) mass is 364 g/mol. The lowest BCUT2D eigenvalue weighted by Gasteiger charge is -2.33. The first kappa shape index (κ1) is 17.3. The van der Waals surface area contributed by atoms with Gasteiger partial charge in [0.2, 0.25) is 0 Å². The van der Waals surface area contributed by atoms with E-state index < -0.39 is 10.1 Å². The topological polar surface area (TPSA) is 60.9 Å². The third-order valence-electron chi connectivity index (χ3n) is 3.88. The zero-order valence-corrected chi connectivity index (χ0v) is 15.3. The minimum absolute atomic E-state index is 0.0705. The minimum atomic E-state index is -4.22. The van der Waals surface area contributed by atoms with Crippen LogP contribution in [0.2, 0.25) is 0 Å². The van der Waals surface area contributed by atoms with Gasteiger partial charge in [-0.15, -0.1) is 0 Å².